The summed E-state index contributed by atoms with van der Waals surface area (Å²) in [6.07, 6.45) is 5.04. The molecule has 0 amide bonds. The van der Waals surface area contributed by atoms with Crippen LogP contribution in [0.15, 0.2) is 82.2 Å². The Labute approximate surface area is 128 Å². The smallest absolute Gasteiger partial charge is 0.223 e. The molecule has 0 N–H and O–H groups in total. The van der Waals surface area contributed by atoms with E-state index < -0.39 is 8.15 Å². The van der Waals surface area contributed by atoms with Crippen molar-refractivity contribution in [3.8, 4) is 5.75 Å². The maximum Gasteiger partial charge on any atom is 0.223 e. The Morgan fingerprint density at radius 1 is 0.818 bits per heavy atom. The summed E-state index contributed by atoms with van der Waals surface area (Å²) in [6.45, 7) is 0. The number of fused-ring (bicyclic) bond motifs is 1. The minimum absolute atomic E-state index is 0.719. The molecule has 0 aliphatic rings. The molecule has 4 aromatic rings. The van der Waals surface area contributed by atoms with E-state index in [1.807, 2.05) is 54.6 Å². The number of furan rings is 2. The number of pyridine rings is 1. The second kappa shape index (κ2) is 5.66. The van der Waals surface area contributed by atoms with Gasteiger partial charge in [-0.2, -0.15) is 0 Å². The quantitative estimate of drug-likeness (QED) is 0.537. The highest BCUT2D eigenvalue weighted by Gasteiger charge is 2.24. The lowest BCUT2D eigenvalue weighted by Crippen LogP contribution is -2.12. The van der Waals surface area contributed by atoms with E-state index in [9.17, 15) is 0 Å². The Morgan fingerprint density at radius 2 is 1.55 bits per heavy atom. The fourth-order valence-electron chi connectivity index (χ4n) is 2.22. The Kier molecular flexibility index (Phi) is 3.37. The van der Waals surface area contributed by atoms with Gasteiger partial charge in [0.2, 0.25) is 8.15 Å². The lowest BCUT2D eigenvalue weighted by Gasteiger charge is -2.15. The van der Waals surface area contributed by atoms with Crippen molar-refractivity contribution in [3.63, 3.8) is 0 Å². The van der Waals surface area contributed by atoms with Crippen LogP contribution in [0.5, 0.6) is 5.75 Å². The number of aromatic nitrogens is 1. The van der Waals surface area contributed by atoms with Gasteiger partial charge in [0.25, 0.3) is 0 Å². The number of hydrogen-bond donors (Lipinski definition) is 0. The lowest BCUT2D eigenvalue weighted by molar-refractivity contribution is 0.561. The van der Waals surface area contributed by atoms with Crippen molar-refractivity contribution in [2.75, 3.05) is 0 Å². The van der Waals surface area contributed by atoms with Gasteiger partial charge < -0.3 is 13.4 Å². The minimum atomic E-state index is -1.20. The molecule has 0 bridgehead atoms. The molecule has 0 unspecified atom stereocenters. The topological polar surface area (TPSA) is 48.4 Å². The van der Waals surface area contributed by atoms with Crippen molar-refractivity contribution >= 4 is 30.1 Å². The van der Waals surface area contributed by atoms with Gasteiger partial charge in [-0.1, -0.05) is 18.2 Å². The van der Waals surface area contributed by atoms with Crippen LogP contribution in [-0.2, 0) is 0 Å². The normalized spacial score (nSPS) is 11.1. The molecule has 0 atom stereocenters. The van der Waals surface area contributed by atoms with E-state index >= 15 is 0 Å². The summed E-state index contributed by atoms with van der Waals surface area (Å²) in [5, 5.41) is 1.04. The zero-order valence-electron chi connectivity index (χ0n) is 11.5. The van der Waals surface area contributed by atoms with Crippen molar-refractivity contribution in [2.24, 2.45) is 0 Å². The number of rotatable bonds is 4. The minimum Gasteiger partial charge on any atom is -0.461 e. The first-order chi connectivity index (χ1) is 10.9. The summed E-state index contributed by atoms with van der Waals surface area (Å²) in [6, 6.07) is 17.3. The van der Waals surface area contributed by atoms with Gasteiger partial charge in [0.1, 0.15) is 5.52 Å². The fraction of sp³-hybridized carbons (Fsp3) is 0. The van der Waals surface area contributed by atoms with E-state index in [4.69, 9.17) is 13.4 Å². The van der Waals surface area contributed by atoms with Crippen LogP contribution in [0.4, 0.5) is 0 Å². The summed E-state index contributed by atoms with van der Waals surface area (Å²) < 4.78 is 17.3. The SMILES string of the molecule is c1coc(P(Oc2cccc3cccnc23)c2ccco2)c1. The first kappa shape index (κ1) is 13.1. The van der Waals surface area contributed by atoms with Crippen LogP contribution in [0.2, 0.25) is 0 Å². The van der Waals surface area contributed by atoms with Crippen molar-refractivity contribution < 1.29 is 13.4 Å². The average molecular weight is 309 g/mol. The highest BCUT2D eigenvalue weighted by Crippen LogP contribution is 2.39. The van der Waals surface area contributed by atoms with Crippen molar-refractivity contribution in [2.45, 2.75) is 0 Å². The van der Waals surface area contributed by atoms with Crippen LogP contribution in [0.1, 0.15) is 0 Å². The van der Waals surface area contributed by atoms with Crippen LogP contribution >= 0.6 is 8.15 Å². The second-order valence-electron chi connectivity index (χ2n) is 4.62. The fourth-order valence-corrected chi connectivity index (χ4v) is 3.71. The molecule has 3 heterocycles. The molecular weight excluding hydrogens is 297 g/mol. The lowest BCUT2D eigenvalue weighted by atomic mass is 10.2. The van der Waals surface area contributed by atoms with Gasteiger partial charge in [-0.15, -0.1) is 0 Å². The Bertz CT molecular complexity index is 832. The zero-order chi connectivity index (χ0) is 14.8. The van der Waals surface area contributed by atoms with Crippen LogP contribution in [0.25, 0.3) is 10.9 Å². The standard InChI is InChI=1S/C17H12NO3P/c1-5-13-6-2-10-18-17(13)14(7-1)21-22(15-8-3-11-19-15)16-9-4-12-20-16/h1-12H. The molecule has 0 aliphatic heterocycles. The third kappa shape index (κ3) is 2.38. The molecular formula is C17H12NO3P. The molecule has 5 heteroatoms. The predicted octanol–water partition coefficient (Wildman–Crippen LogP) is 3.85. The van der Waals surface area contributed by atoms with Gasteiger partial charge in [-0.25, -0.2) is 0 Å². The summed E-state index contributed by atoms with van der Waals surface area (Å²) in [5.41, 5.74) is 2.33. The Morgan fingerprint density at radius 3 is 2.23 bits per heavy atom. The highest BCUT2D eigenvalue weighted by atomic mass is 31.1. The van der Waals surface area contributed by atoms with Crippen LogP contribution < -0.4 is 15.5 Å². The summed E-state index contributed by atoms with van der Waals surface area (Å²) in [5.74, 6) is 0.719. The maximum absolute atomic E-state index is 6.23. The number of nitrogens with zero attached hydrogens (tertiary/aromatic N) is 1. The summed E-state index contributed by atoms with van der Waals surface area (Å²) in [7, 11) is -1.20. The summed E-state index contributed by atoms with van der Waals surface area (Å²) in [4.78, 5) is 4.42. The van der Waals surface area contributed by atoms with Gasteiger partial charge in [0.15, 0.2) is 16.8 Å². The number of benzene rings is 1. The Hall–Kier alpha value is -2.58. The van der Waals surface area contributed by atoms with Gasteiger partial charge in [0, 0.05) is 11.6 Å². The van der Waals surface area contributed by atoms with Crippen molar-refractivity contribution in [1.82, 2.24) is 4.98 Å². The first-order valence-electron chi connectivity index (χ1n) is 6.81. The molecule has 0 aliphatic carbocycles. The van der Waals surface area contributed by atoms with Gasteiger partial charge >= 0.3 is 0 Å². The van der Waals surface area contributed by atoms with E-state index in [0.717, 1.165) is 27.7 Å². The molecule has 1 aromatic carbocycles. The van der Waals surface area contributed by atoms with Gasteiger partial charge in [-0.05, 0) is 36.4 Å². The molecule has 0 saturated heterocycles. The van der Waals surface area contributed by atoms with E-state index in [-0.39, 0.29) is 0 Å². The molecule has 4 nitrogen and oxygen atoms in total. The molecule has 0 fully saturated rings. The van der Waals surface area contributed by atoms with E-state index in [1.54, 1.807) is 18.7 Å². The van der Waals surface area contributed by atoms with Crippen molar-refractivity contribution in [1.29, 1.82) is 0 Å². The molecule has 0 saturated carbocycles. The highest BCUT2D eigenvalue weighted by molar-refractivity contribution is 7.68. The first-order valence-corrected chi connectivity index (χ1v) is 8.06. The zero-order valence-corrected chi connectivity index (χ0v) is 12.4. The molecule has 108 valence electrons. The van der Waals surface area contributed by atoms with Crippen molar-refractivity contribution in [3.05, 3.63) is 73.3 Å². The largest absolute Gasteiger partial charge is 0.461 e. The molecule has 0 radical (unpaired) electrons. The van der Waals surface area contributed by atoms with Gasteiger partial charge in [0.05, 0.1) is 12.5 Å². The third-order valence-corrected chi connectivity index (χ3v) is 4.89. The number of para-hydroxylation sites is 1. The third-order valence-electron chi connectivity index (χ3n) is 3.20. The molecule has 4 rings (SSSR count). The Balaban J connectivity index is 1.78. The van der Waals surface area contributed by atoms with E-state index in [2.05, 4.69) is 4.98 Å². The maximum atomic E-state index is 6.23. The predicted molar refractivity (Wildman–Crippen MR) is 86.0 cm³/mol. The molecule has 0 spiro atoms. The van der Waals surface area contributed by atoms with E-state index in [0.29, 0.717) is 0 Å². The van der Waals surface area contributed by atoms with Gasteiger partial charge in [-0.3, -0.25) is 4.98 Å². The van der Waals surface area contributed by atoms with Crippen LogP contribution in [-0.4, -0.2) is 4.98 Å². The van der Waals surface area contributed by atoms with Crippen LogP contribution in [0, 0.1) is 0 Å². The average Bonchev–Trinajstić information content (AvgIpc) is 3.26. The van der Waals surface area contributed by atoms with E-state index in [1.165, 1.54) is 0 Å². The summed E-state index contributed by atoms with van der Waals surface area (Å²) >= 11 is 0. The van der Waals surface area contributed by atoms with Crippen LogP contribution in [0.3, 0.4) is 0 Å². The molecule has 22 heavy (non-hydrogen) atoms. The molecule has 3 aromatic heterocycles. The number of hydrogen-bond acceptors (Lipinski definition) is 4. The second-order valence-corrected chi connectivity index (χ2v) is 6.27. The monoisotopic (exact) mass is 309 g/mol.